The number of carbonyl (C=O) groups is 1. The molecule has 2 aromatic heterocycles. The predicted octanol–water partition coefficient (Wildman–Crippen LogP) is 1.52. The van der Waals surface area contributed by atoms with E-state index in [2.05, 4.69) is 21.8 Å². The summed E-state index contributed by atoms with van der Waals surface area (Å²) in [6.45, 7) is 0.651. The van der Waals surface area contributed by atoms with Gasteiger partial charge in [-0.2, -0.15) is 5.10 Å². The first kappa shape index (κ1) is 16.7. The van der Waals surface area contributed by atoms with Gasteiger partial charge in [0.15, 0.2) is 0 Å². The number of nitrogens with zero attached hydrogens (tertiary/aromatic N) is 2. The molecule has 1 amide bonds. The molecule has 2 aromatic rings. The highest BCUT2D eigenvalue weighted by molar-refractivity contribution is 7.09. The molecule has 0 fully saturated rings. The quantitative estimate of drug-likeness (QED) is 0.850. The van der Waals surface area contributed by atoms with Crippen LogP contribution in [0.25, 0.3) is 0 Å². The standard InChI is InChI=1S/C13H18N4OS.ClH/c1-14-12(10-8-16-17(2)9-10)13(18)15-6-5-11-4-3-7-19-11;/h3-4,7-9,12,14H,5-6H2,1-2H3,(H,15,18);1H. The minimum Gasteiger partial charge on any atom is -0.354 e. The first-order valence-corrected chi connectivity index (χ1v) is 7.04. The van der Waals surface area contributed by atoms with Crippen molar-refractivity contribution in [3.63, 3.8) is 0 Å². The first-order chi connectivity index (χ1) is 9.20. The Morgan fingerprint density at radius 3 is 2.90 bits per heavy atom. The van der Waals surface area contributed by atoms with Crippen LogP contribution in [-0.4, -0.2) is 29.3 Å². The Balaban J connectivity index is 0.00000200. The van der Waals surface area contributed by atoms with Crippen molar-refractivity contribution in [2.75, 3.05) is 13.6 Å². The van der Waals surface area contributed by atoms with E-state index in [9.17, 15) is 4.79 Å². The number of likely N-dealkylation sites (N-methyl/N-ethyl adjacent to an activating group) is 1. The van der Waals surface area contributed by atoms with Gasteiger partial charge in [-0.25, -0.2) is 0 Å². The zero-order valence-electron chi connectivity index (χ0n) is 11.5. The second-order valence-corrected chi connectivity index (χ2v) is 5.32. The lowest BCUT2D eigenvalue weighted by molar-refractivity contribution is -0.123. The number of halogens is 1. The van der Waals surface area contributed by atoms with Crippen molar-refractivity contribution < 1.29 is 4.79 Å². The van der Waals surface area contributed by atoms with Crippen LogP contribution in [0, 0.1) is 0 Å². The molecule has 7 heteroatoms. The van der Waals surface area contributed by atoms with Crippen molar-refractivity contribution in [3.8, 4) is 0 Å². The molecule has 110 valence electrons. The highest BCUT2D eigenvalue weighted by atomic mass is 35.5. The fraction of sp³-hybridized carbons (Fsp3) is 0.385. The summed E-state index contributed by atoms with van der Waals surface area (Å²) in [5.74, 6) is -0.0212. The summed E-state index contributed by atoms with van der Waals surface area (Å²) in [6.07, 6.45) is 4.42. The monoisotopic (exact) mass is 314 g/mol. The van der Waals surface area contributed by atoms with Crippen molar-refractivity contribution in [2.45, 2.75) is 12.5 Å². The Kier molecular flexibility index (Phi) is 6.70. The summed E-state index contributed by atoms with van der Waals surface area (Å²) in [5.41, 5.74) is 0.874. The number of aromatic nitrogens is 2. The Labute approximate surface area is 128 Å². The molecular formula is C13H19ClN4OS. The van der Waals surface area contributed by atoms with Gasteiger partial charge in [0, 0.05) is 30.2 Å². The minimum absolute atomic E-state index is 0. The van der Waals surface area contributed by atoms with Crippen LogP contribution >= 0.6 is 23.7 Å². The van der Waals surface area contributed by atoms with Crippen LogP contribution in [0.2, 0.25) is 0 Å². The zero-order chi connectivity index (χ0) is 13.7. The smallest absolute Gasteiger partial charge is 0.241 e. The van der Waals surface area contributed by atoms with Crippen molar-refractivity contribution in [3.05, 3.63) is 40.3 Å². The molecule has 0 saturated carbocycles. The van der Waals surface area contributed by atoms with Crippen molar-refractivity contribution in [1.82, 2.24) is 20.4 Å². The lowest BCUT2D eigenvalue weighted by Crippen LogP contribution is -2.36. The predicted molar refractivity (Wildman–Crippen MR) is 83.3 cm³/mol. The summed E-state index contributed by atoms with van der Waals surface area (Å²) in [5, 5.41) is 12.1. The van der Waals surface area contributed by atoms with E-state index in [1.165, 1.54) is 4.88 Å². The van der Waals surface area contributed by atoms with Gasteiger partial charge >= 0.3 is 0 Å². The average Bonchev–Trinajstić information content (AvgIpc) is 3.02. The number of nitrogens with one attached hydrogen (secondary N) is 2. The Morgan fingerprint density at radius 2 is 2.35 bits per heavy atom. The molecule has 5 nitrogen and oxygen atoms in total. The Hall–Kier alpha value is -1.37. The summed E-state index contributed by atoms with van der Waals surface area (Å²) < 4.78 is 1.69. The van der Waals surface area contributed by atoms with Crippen molar-refractivity contribution in [2.24, 2.45) is 7.05 Å². The Morgan fingerprint density at radius 1 is 1.55 bits per heavy atom. The summed E-state index contributed by atoms with van der Waals surface area (Å²) in [4.78, 5) is 13.4. The van der Waals surface area contributed by atoms with E-state index in [1.807, 2.05) is 24.7 Å². The molecule has 0 aliphatic heterocycles. The molecule has 2 rings (SSSR count). The second kappa shape index (κ2) is 8.04. The summed E-state index contributed by atoms with van der Waals surface area (Å²) >= 11 is 1.71. The van der Waals surface area contributed by atoms with Crippen LogP contribution in [0.4, 0.5) is 0 Å². The zero-order valence-corrected chi connectivity index (χ0v) is 13.1. The highest BCUT2D eigenvalue weighted by Gasteiger charge is 2.19. The van der Waals surface area contributed by atoms with Crippen molar-refractivity contribution >= 4 is 29.7 Å². The number of aryl methyl sites for hydroxylation is 1. The third kappa shape index (κ3) is 4.33. The SMILES string of the molecule is CNC(C(=O)NCCc1cccs1)c1cnn(C)c1.Cl. The summed E-state index contributed by atoms with van der Waals surface area (Å²) in [7, 11) is 3.61. The van der Waals surface area contributed by atoms with E-state index in [0.717, 1.165) is 12.0 Å². The highest BCUT2D eigenvalue weighted by Crippen LogP contribution is 2.12. The van der Waals surface area contributed by atoms with Gasteiger partial charge in [-0.15, -0.1) is 23.7 Å². The molecule has 20 heavy (non-hydrogen) atoms. The molecule has 0 spiro atoms. The largest absolute Gasteiger partial charge is 0.354 e. The van der Waals surface area contributed by atoms with Crippen LogP contribution in [0.15, 0.2) is 29.9 Å². The van der Waals surface area contributed by atoms with Gasteiger partial charge in [0.2, 0.25) is 5.91 Å². The minimum atomic E-state index is -0.350. The second-order valence-electron chi connectivity index (χ2n) is 4.29. The van der Waals surface area contributed by atoms with Gasteiger partial charge < -0.3 is 10.6 Å². The van der Waals surface area contributed by atoms with Crippen LogP contribution in [0.1, 0.15) is 16.5 Å². The number of hydrogen-bond donors (Lipinski definition) is 2. The first-order valence-electron chi connectivity index (χ1n) is 6.16. The number of thiophene rings is 1. The molecule has 0 aliphatic rings. The number of carbonyl (C=O) groups excluding carboxylic acids is 1. The molecule has 1 unspecified atom stereocenters. The fourth-order valence-electron chi connectivity index (χ4n) is 1.90. The van der Waals surface area contributed by atoms with E-state index in [0.29, 0.717) is 6.54 Å². The maximum absolute atomic E-state index is 12.1. The lowest BCUT2D eigenvalue weighted by atomic mass is 10.1. The van der Waals surface area contributed by atoms with E-state index in [1.54, 1.807) is 29.3 Å². The Bertz CT molecular complexity index is 526. The number of rotatable bonds is 6. The summed E-state index contributed by atoms with van der Waals surface area (Å²) in [6, 6.07) is 3.75. The van der Waals surface area contributed by atoms with E-state index >= 15 is 0 Å². The molecular weight excluding hydrogens is 296 g/mol. The molecule has 0 bridgehead atoms. The molecule has 1 atom stereocenters. The van der Waals surface area contributed by atoms with Crippen molar-refractivity contribution in [1.29, 1.82) is 0 Å². The van der Waals surface area contributed by atoms with Gasteiger partial charge in [0.05, 0.1) is 6.20 Å². The molecule has 0 radical (unpaired) electrons. The lowest BCUT2D eigenvalue weighted by Gasteiger charge is -2.14. The van der Waals surface area contributed by atoms with E-state index < -0.39 is 0 Å². The normalized spacial score (nSPS) is 11.7. The van der Waals surface area contributed by atoms with Crippen LogP contribution in [-0.2, 0) is 18.3 Å². The third-order valence-electron chi connectivity index (χ3n) is 2.86. The molecule has 0 saturated heterocycles. The van der Waals surface area contributed by atoms with Gasteiger partial charge in [-0.05, 0) is 24.9 Å². The maximum Gasteiger partial charge on any atom is 0.241 e. The molecule has 0 aliphatic carbocycles. The number of hydrogen-bond acceptors (Lipinski definition) is 4. The van der Waals surface area contributed by atoms with Crippen LogP contribution < -0.4 is 10.6 Å². The van der Waals surface area contributed by atoms with Gasteiger partial charge in [0.25, 0.3) is 0 Å². The molecule has 2 heterocycles. The maximum atomic E-state index is 12.1. The number of amides is 1. The fourth-order valence-corrected chi connectivity index (χ4v) is 2.61. The van der Waals surface area contributed by atoms with Gasteiger partial charge in [-0.1, -0.05) is 6.07 Å². The van der Waals surface area contributed by atoms with Gasteiger partial charge in [-0.3, -0.25) is 9.48 Å². The van der Waals surface area contributed by atoms with Gasteiger partial charge in [0.1, 0.15) is 6.04 Å². The van der Waals surface area contributed by atoms with E-state index in [4.69, 9.17) is 0 Å². The topological polar surface area (TPSA) is 59.0 Å². The third-order valence-corrected chi connectivity index (χ3v) is 3.80. The molecule has 0 aromatic carbocycles. The van der Waals surface area contributed by atoms with Crippen LogP contribution in [0.5, 0.6) is 0 Å². The van der Waals surface area contributed by atoms with E-state index in [-0.39, 0.29) is 24.4 Å². The van der Waals surface area contributed by atoms with Crippen LogP contribution in [0.3, 0.4) is 0 Å². The molecule has 2 N–H and O–H groups in total. The average molecular weight is 315 g/mol.